The molecule has 27 heavy (non-hydrogen) atoms. The summed E-state index contributed by atoms with van der Waals surface area (Å²) in [5, 5.41) is 10.1. The second kappa shape index (κ2) is 7.84. The summed E-state index contributed by atoms with van der Waals surface area (Å²) < 4.78 is 15.3. The van der Waals surface area contributed by atoms with E-state index in [-0.39, 0.29) is 17.9 Å². The van der Waals surface area contributed by atoms with Gasteiger partial charge >= 0.3 is 6.03 Å². The molecule has 5 nitrogen and oxygen atoms in total. The highest BCUT2D eigenvalue weighted by Gasteiger charge is 2.22. The Balaban J connectivity index is 1.36. The Kier molecular flexibility index (Phi) is 5.11. The standard InChI is InChI=1S/C20H19FN4OS/c21-15-6-7-19-17(10-15)18(8-9-27-19)24-20(26)22-11-14-12-23-25(13-14)16-4-2-1-3-5-16/h1-7,10,12-13,18H,8-9,11H2,(H2,22,24,26). The van der Waals surface area contributed by atoms with Crippen molar-refractivity contribution in [3.05, 3.63) is 77.9 Å². The van der Waals surface area contributed by atoms with Crippen LogP contribution in [-0.4, -0.2) is 21.6 Å². The number of rotatable bonds is 4. The minimum Gasteiger partial charge on any atom is -0.334 e. The number of nitrogens with one attached hydrogen (secondary N) is 2. The van der Waals surface area contributed by atoms with Gasteiger partial charge in [-0.3, -0.25) is 0 Å². The van der Waals surface area contributed by atoms with Gasteiger partial charge in [0.25, 0.3) is 0 Å². The summed E-state index contributed by atoms with van der Waals surface area (Å²) in [5.41, 5.74) is 2.71. The molecule has 1 aliphatic rings. The lowest BCUT2D eigenvalue weighted by atomic mass is 10.0. The lowest BCUT2D eigenvalue weighted by molar-refractivity contribution is 0.236. The number of fused-ring (bicyclic) bond motifs is 1. The van der Waals surface area contributed by atoms with E-state index >= 15 is 0 Å². The molecule has 1 atom stereocenters. The summed E-state index contributed by atoms with van der Waals surface area (Å²) in [6, 6.07) is 14.1. The molecule has 0 radical (unpaired) electrons. The summed E-state index contributed by atoms with van der Waals surface area (Å²) in [7, 11) is 0. The van der Waals surface area contributed by atoms with Crippen LogP contribution >= 0.6 is 11.8 Å². The van der Waals surface area contributed by atoms with Gasteiger partial charge in [0.1, 0.15) is 5.82 Å². The van der Waals surface area contributed by atoms with Gasteiger partial charge in [0.05, 0.1) is 17.9 Å². The fourth-order valence-electron chi connectivity index (χ4n) is 3.08. The van der Waals surface area contributed by atoms with Crippen LogP contribution in [0, 0.1) is 5.82 Å². The Hall–Kier alpha value is -2.80. The number of hydrogen-bond donors (Lipinski definition) is 2. The predicted octanol–water partition coefficient (Wildman–Crippen LogP) is 4.05. The molecule has 1 unspecified atom stereocenters. The third kappa shape index (κ3) is 4.14. The van der Waals surface area contributed by atoms with E-state index in [2.05, 4.69) is 15.7 Å². The van der Waals surface area contributed by atoms with E-state index in [1.807, 2.05) is 36.5 Å². The van der Waals surface area contributed by atoms with Crippen molar-refractivity contribution in [1.82, 2.24) is 20.4 Å². The van der Waals surface area contributed by atoms with Crippen LogP contribution in [0.15, 0.2) is 65.8 Å². The summed E-state index contributed by atoms with van der Waals surface area (Å²) in [6.07, 6.45) is 4.40. The van der Waals surface area contributed by atoms with Crippen molar-refractivity contribution in [2.75, 3.05) is 5.75 Å². The van der Waals surface area contributed by atoms with Crippen molar-refractivity contribution in [3.8, 4) is 5.69 Å². The molecule has 7 heteroatoms. The van der Waals surface area contributed by atoms with Gasteiger partial charge in [-0.1, -0.05) is 18.2 Å². The number of carbonyl (C=O) groups excluding carboxylic acids is 1. The zero-order valence-electron chi connectivity index (χ0n) is 14.6. The SMILES string of the molecule is O=C(NCc1cnn(-c2ccccc2)c1)NC1CCSc2ccc(F)cc21. The number of urea groups is 1. The number of hydrogen-bond acceptors (Lipinski definition) is 3. The monoisotopic (exact) mass is 382 g/mol. The number of amides is 2. The first kappa shape index (κ1) is 17.6. The van der Waals surface area contributed by atoms with Crippen LogP contribution in [0.2, 0.25) is 0 Å². The molecule has 1 aliphatic heterocycles. The van der Waals surface area contributed by atoms with E-state index in [0.717, 1.165) is 33.9 Å². The summed E-state index contributed by atoms with van der Waals surface area (Å²) in [4.78, 5) is 13.3. The Morgan fingerprint density at radius 1 is 1.26 bits per heavy atom. The molecule has 1 aromatic heterocycles. The van der Waals surface area contributed by atoms with E-state index in [9.17, 15) is 9.18 Å². The largest absolute Gasteiger partial charge is 0.334 e. The topological polar surface area (TPSA) is 59.0 Å². The van der Waals surface area contributed by atoms with Gasteiger partial charge < -0.3 is 10.6 Å². The summed E-state index contributed by atoms with van der Waals surface area (Å²) in [6.45, 7) is 0.371. The first-order chi connectivity index (χ1) is 13.2. The Bertz CT molecular complexity index is 944. The Morgan fingerprint density at radius 2 is 2.11 bits per heavy atom. The van der Waals surface area contributed by atoms with E-state index in [1.54, 1.807) is 28.7 Å². The number of halogens is 1. The van der Waals surface area contributed by atoms with E-state index < -0.39 is 0 Å². The van der Waals surface area contributed by atoms with Gasteiger partial charge in [-0.25, -0.2) is 13.9 Å². The molecule has 0 bridgehead atoms. The van der Waals surface area contributed by atoms with Crippen molar-refractivity contribution >= 4 is 17.8 Å². The molecular formula is C20H19FN4OS. The lowest BCUT2D eigenvalue weighted by Gasteiger charge is -2.26. The van der Waals surface area contributed by atoms with Gasteiger partial charge in [-0.05, 0) is 42.3 Å². The third-order valence-electron chi connectivity index (χ3n) is 4.43. The number of nitrogens with zero attached hydrogens (tertiary/aromatic N) is 2. The number of aromatic nitrogens is 2. The van der Waals surface area contributed by atoms with E-state index in [1.165, 1.54) is 12.1 Å². The molecule has 2 N–H and O–H groups in total. The molecule has 138 valence electrons. The molecule has 0 fully saturated rings. The minimum absolute atomic E-state index is 0.177. The molecule has 4 rings (SSSR count). The van der Waals surface area contributed by atoms with Gasteiger partial charge in [-0.2, -0.15) is 5.10 Å². The van der Waals surface area contributed by atoms with Crippen molar-refractivity contribution in [2.45, 2.75) is 23.9 Å². The number of para-hydroxylation sites is 1. The van der Waals surface area contributed by atoms with E-state index in [0.29, 0.717) is 6.54 Å². The molecule has 0 spiro atoms. The van der Waals surface area contributed by atoms with E-state index in [4.69, 9.17) is 0 Å². The second-order valence-electron chi connectivity index (χ2n) is 6.33. The molecule has 2 amide bonds. The van der Waals surface area contributed by atoms with Crippen LogP contribution in [0.5, 0.6) is 0 Å². The zero-order valence-corrected chi connectivity index (χ0v) is 15.4. The Morgan fingerprint density at radius 3 is 2.96 bits per heavy atom. The number of thioether (sulfide) groups is 1. The fraction of sp³-hybridized carbons (Fsp3) is 0.200. The van der Waals surface area contributed by atoms with Gasteiger partial charge in [0.2, 0.25) is 0 Å². The van der Waals surface area contributed by atoms with Crippen LogP contribution < -0.4 is 10.6 Å². The first-order valence-electron chi connectivity index (χ1n) is 8.74. The average molecular weight is 382 g/mol. The minimum atomic E-state index is -0.281. The normalized spacial score (nSPS) is 15.8. The third-order valence-corrected chi connectivity index (χ3v) is 5.55. The van der Waals surface area contributed by atoms with Crippen molar-refractivity contribution in [1.29, 1.82) is 0 Å². The Labute approximate surface area is 161 Å². The highest BCUT2D eigenvalue weighted by atomic mass is 32.2. The smallest absolute Gasteiger partial charge is 0.315 e. The number of carbonyl (C=O) groups is 1. The van der Waals surface area contributed by atoms with Crippen molar-refractivity contribution in [3.63, 3.8) is 0 Å². The lowest BCUT2D eigenvalue weighted by Crippen LogP contribution is -2.38. The maximum atomic E-state index is 13.6. The quantitative estimate of drug-likeness (QED) is 0.716. The predicted molar refractivity (Wildman–Crippen MR) is 103 cm³/mol. The van der Waals surface area contributed by atoms with Crippen molar-refractivity contribution < 1.29 is 9.18 Å². The first-order valence-corrected chi connectivity index (χ1v) is 9.73. The fourth-order valence-corrected chi connectivity index (χ4v) is 4.19. The summed E-state index contributed by atoms with van der Waals surface area (Å²) in [5.74, 6) is 0.615. The average Bonchev–Trinajstić information content (AvgIpc) is 3.17. The molecule has 0 saturated carbocycles. The highest BCUT2D eigenvalue weighted by molar-refractivity contribution is 7.99. The maximum Gasteiger partial charge on any atom is 0.315 e. The molecule has 0 saturated heterocycles. The van der Waals surface area contributed by atoms with Crippen molar-refractivity contribution in [2.24, 2.45) is 0 Å². The second-order valence-corrected chi connectivity index (χ2v) is 7.46. The maximum absolute atomic E-state index is 13.6. The van der Waals surface area contributed by atoms with Crippen LogP contribution in [0.25, 0.3) is 5.69 Å². The van der Waals surface area contributed by atoms with Crippen LogP contribution in [0.4, 0.5) is 9.18 Å². The van der Waals surface area contributed by atoms with Crippen LogP contribution in [0.3, 0.4) is 0 Å². The van der Waals surface area contributed by atoms with Gasteiger partial charge in [-0.15, -0.1) is 11.8 Å². The molecule has 2 heterocycles. The number of benzene rings is 2. The molecule has 0 aliphatic carbocycles. The summed E-state index contributed by atoms with van der Waals surface area (Å²) >= 11 is 1.69. The molecule has 2 aromatic carbocycles. The zero-order chi connectivity index (χ0) is 18.6. The molecule has 3 aromatic rings. The van der Waals surface area contributed by atoms with Crippen LogP contribution in [0.1, 0.15) is 23.6 Å². The van der Waals surface area contributed by atoms with Gasteiger partial charge in [0, 0.05) is 29.0 Å². The van der Waals surface area contributed by atoms with Gasteiger partial charge in [0.15, 0.2) is 0 Å². The molecular weight excluding hydrogens is 363 g/mol. The highest BCUT2D eigenvalue weighted by Crippen LogP contribution is 2.36. The van der Waals surface area contributed by atoms with Crippen LogP contribution in [-0.2, 0) is 6.54 Å².